The molecule has 15 heavy (non-hydrogen) atoms. The van der Waals surface area contributed by atoms with Crippen molar-refractivity contribution in [2.75, 3.05) is 12.3 Å². The van der Waals surface area contributed by atoms with Gasteiger partial charge in [-0.05, 0) is 18.6 Å². The van der Waals surface area contributed by atoms with Crippen LogP contribution in [0.15, 0.2) is 12.1 Å². The average molecular weight is 225 g/mol. The van der Waals surface area contributed by atoms with Crippen molar-refractivity contribution in [1.82, 2.24) is 4.90 Å². The van der Waals surface area contributed by atoms with Gasteiger partial charge >= 0.3 is 0 Å². The van der Waals surface area contributed by atoms with Gasteiger partial charge in [-0.2, -0.15) is 0 Å². The lowest BCUT2D eigenvalue weighted by molar-refractivity contribution is 0.0779. The number of carbonyl (C=O) groups is 1. The fourth-order valence-corrected chi connectivity index (χ4v) is 2.14. The predicted molar refractivity (Wildman–Crippen MR) is 60.9 cm³/mol. The zero-order valence-electron chi connectivity index (χ0n) is 8.59. The van der Waals surface area contributed by atoms with Crippen LogP contribution in [0.3, 0.4) is 0 Å². The van der Waals surface area contributed by atoms with Crippen molar-refractivity contribution in [3.05, 3.63) is 28.3 Å². The van der Waals surface area contributed by atoms with E-state index >= 15 is 0 Å². The molecule has 0 unspecified atom stereocenters. The molecular weight excluding hydrogens is 212 g/mol. The van der Waals surface area contributed by atoms with Crippen LogP contribution in [-0.4, -0.2) is 17.4 Å². The van der Waals surface area contributed by atoms with Crippen molar-refractivity contribution in [3.63, 3.8) is 0 Å². The Bertz CT molecular complexity index is 417. The third-order valence-electron chi connectivity index (χ3n) is 2.63. The number of nitrogens with zero attached hydrogens (tertiary/aromatic N) is 1. The minimum Gasteiger partial charge on any atom is -0.398 e. The highest BCUT2D eigenvalue weighted by Gasteiger charge is 2.30. The standard InChI is InChI=1S/C11H13ClN2O/c1-2-5-14-6-7-8(12)3-4-9(13)10(7)11(14)15/h3-4H,2,5-6,13H2,1H3. The average Bonchev–Trinajstić information content (AvgIpc) is 2.53. The van der Waals surface area contributed by atoms with Gasteiger partial charge in [-0.25, -0.2) is 0 Å². The van der Waals surface area contributed by atoms with Gasteiger partial charge in [0.05, 0.1) is 5.56 Å². The quantitative estimate of drug-likeness (QED) is 0.784. The molecule has 1 aliphatic heterocycles. The summed E-state index contributed by atoms with van der Waals surface area (Å²) in [5.41, 5.74) is 7.77. The molecule has 4 heteroatoms. The molecule has 0 radical (unpaired) electrons. The minimum atomic E-state index is 0.00634. The third kappa shape index (κ3) is 1.57. The molecule has 0 bridgehead atoms. The molecule has 2 rings (SSSR count). The number of rotatable bonds is 2. The summed E-state index contributed by atoms with van der Waals surface area (Å²) in [5, 5.41) is 0.631. The van der Waals surface area contributed by atoms with Gasteiger partial charge in [0.2, 0.25) is 0 Å². The smallest absolute Gasteiger partial charge is 0.256 e. The Morgan fingerprint density at radius 2 is 2.27 bits per heavy atom. The topological polar surface area (TPSA) is 46.3 Å². The number of nitrogen functional groups attached to an aromatic ring is 1. The molecule has 1 aromatic carbocycles. The third-order valence-corrected chi connectivity index (χ3v) is 2.99. The van der Waals surface area contributed by atoms with Gasteiger partial charge in [0.1, 0.15) is 0 Å². The first-order valence-corrected chi connectivity index (χ1v) is 5.39. The molecule has 1 aromatic rings. The number of anilines is 1. The van der Waals surface area contributed by atoms with Crippen LogP contribution < -0.4 is 5.73 Å². The lowest BCUT2D eigenvalue weighted by Crippen LogP contribution is -2.24. The van der Waals surface area contributed by atoms with Crippen molar-refractivity contribution in [2.24, 2.45) is 0 Å². The second-order valence-electron chi connectivity index (χ2n) is 3.72. The number of hydrogen-bond donors (Lipinski definition) is 1. The molecule has 0 aliphatic carbocycles. The molecule has 0 spiro atoms. The number of amides is 1. The van der Waals surface area contributed by atoms with Crippen molar-refractivity contribution in [2.45, 2.75) is 19.9 Å². The van der Waals surface area contributed by atoms with Crippen LogP contribution in [0.4, 0.5) is 5.69 Å². The van der Waals surface area contributed by atoms with Gasteiger partial charge in [-0.15, -0.1) is 0 Å². The molecule has 80 valence electrons. The second kappa shape index (κ2) is 3.74. The highest BCUT2D eigenvalue weighted by molar-refractivity contribution is 6.32. The van der Waals surface area contributed by atoms with Gasteiger partial charge in [0, 0.05) is 29.4 Å². The van der Waals surface area contributed by atoms with E-state index in [1.807, 2.05) is 6.92 Å². The number of carbonyl (C=O) groups excluding carboxylic acids is 1. The second-order valence-corrected chi connectivity index (χ2v) is 4.12. The monoisotopic (exact) mass is 224 g/mol. The molecule has 3 nitrogen and oxygen atoms in total. The van der Waals surface area contributed by atoms with E-state index in [0.29, 0.717) is 22.8 Å². The maximum absolute atomic E-state index is 11.9. The molecular formula is C11H13ClN2O. The first-order chi connectivity index (χ1) is 7.15. The molecule has 1 aliphatic rings. The predicted octanol–water partition coefficient (Wildman–Crippen LogP) is 2.29. The summed E-state index contributed by atoms with van der Waals surface area (Å²) in [5.74, 6) is 0.00634. The molecule has 1 amide bonds. The van der Waals surface area contributed by atoms with Gasteiger partial charge in [-0.1, -0.05) is 18.5 Å². The molecule has 1 heterocycles. The van der Waals surface area contributed by atoms with Gasteiger partial charge < -0.3 is 10.6 Å². The first-order valence-electron chi connectivity index (χ1n) is 5.01. The zero-order valence-corrected chi connectivity index (χ0v) is 9.34. The van der Waals surface area contributed by atoms with Crippen LogP contribution in [0.1, 0.15) is 29.3 Å². The lowest BCUT2D eigenvalue weighted by atomic mass is 10.1. The van der Waals surface area contributed by atoms with Crippen LogP contribution >= 0.6 is 11.6 Å². The summed E-state index contributed by atoms with van der Waals surface area (Å²) < 4.78 is 0. The largest absolute Gasteiger partial charge is 0.398 e. The fraction of sp³-hybridized carbons (Fsp3) is 0.364. The van der Waals surface area contributed by atoms with Crippen LogP contribution in [0, 0.1) is 0 Å². The number of nitrogens with two attached hydrogens (primary N) is 1. The molecule has 0 atom stereocenters. The van der Waals surface area contributed by atoms with Gasteiger partial charge in [-0.3, -0.25) is 4.79 Å². The van der Waals surface area contributed by atoms with Crippen molar-refractivity contribution < 1.29 is 4.79 Å². The first kappa shape index (κ1) is 10.3. The molecule has 0 saturated carbocycles. The van der Waals surface area contributed by atoms with Crippen LogP contribution in [0.5, 0.6) is 0 Å². The van der Waals surface area contributed by atoms with E-state index in [2.05, 4.69) is 0 Å². The van der Waals surface area contributed by atoms with Crippen LogP contribution in [0.25, 0.3) is 0 Å². The van der Waals surface area contributed by atoms with Gasteiger partial charge in [0.25, 0.3) is 5.91 Å². The van der Waals surface area contributed by atoms with Crippen molar-refractivity contribution >= 4 is 23.2 Å². The summed E-state index contributed by atoms with van der Waals surface area (Å²) in [6.45, 7) is 3.39. The van der Waals surface area contributed by atoms with Gasteiger partial charge in [0.15, 0.2) is 0 Å². The van der Waals surface area contributed by atoms with E-state index in [9.17, 15) is 4.79 Å². The van der Waals surface area contributed by atoms with Crippen molar-refractivity contribution in [1.29, 1.82) is 0 Å². The van der Waals surface area contributed by atoms with E-state index in [1.165, 1.54) is 0 Å². The summed E-state index contributed by atoms with van der Waals surface area (Å²) in [6, 6.07) is 3.44. The number of hydrogen-bond acceptors (Lipinski definition) is 2. The summed E-state index contributed by atoms with van der Waals surface area (Å²) in [6.07, 6.45) is 0.942. The molecule has 2 N–H and O–H groups in total. The highest BCUT2D eigenvalue weighted by atomic mass is 35.5. The Morgan fingerprint density at radius 3 is 2.87 bits per heavy atom. The molecule has 0 aromatic heterocycles. The number of benzene rings is 1. The van der Waals surface area contributed by atoms with E-state index < -0.39 is 0 Å². The highest BCUT2D eigenvalue weighted by Crippen LogP contribution is 2.33. The minimum absolute atomic E-state index is 0.00634. The van der Waals surface area contributed by atoms with Crippen LogP contribution in [-0.2, 0) is 6.54 Å². The maximum Gasteiger partial charge on any atom is 0.256 e. The fourth-order valence-electron chi connectivity index (χ4n) is 1.92. The summed E-state index contributed by atoms with van der Waals surface area (Å²) in [7, 11) is 0. The van der Waals surface area contributed by atoms with E-state index in [4.69, 9.17) is 17.3 Å². The SMILES string of the molecule is CCCN1Cc2c(Cl)ccc(N)c2C1=O. The number of fused-ring (bicyclic) bond motifs is 1. The van der Waals surface area contributed by atoms with Crippen molar-refractivity contribution in [3.8, 4) is 0 Å². The summed E-state index contributed by atoms with van der Waals surface area (Å²) in [4.78, 5) is 13.7. The Labute approximate surface area is 93.8 Å². The molecule has 0 fully saturated rings. The Balaban J connectivity index is 2.44. The Morgan fingerprint density at radius 1 is 1.53 bits per heavy atom. The van der Waals surface area contributed by atoms with E-state index in [1.54, 1.807) is 17.0 Å². The Kier molecular flexibility index (Phi) is 2.57. The van der Waals surface area contributed by atoms with E-state index in [0.717, 1.165) is 18.5 Å². The Hall–Kier alpha value is -1.22. The zero-order chi connectivity index (χ0) is 11.0. The summed E-state index contributed by atoms with van der Waals surface area (Å²) >= 11 is 6.04. The lowest BCUT2D eigenvalue weighted by Gasteiger charge is -2.13. The maximum atomic E-state index is 11.9. The van der Waals surface area contributed by atoms with E-state index in [-0.39, 0.29) is 5.91 Å². The van der Waals surface area contributed by atoms with Crippen LogP contribution in [0.2, 0.25) is 5.02 Å². The normalized spacial score (nSPS) is 14.5. The number of halogens is 1. The molecule has 0 saturated heterocycles.